The molecule has 1 aromatic heterocycles. The molecule has 2 aromatic rings. The lowest BCUT2D eigenvalue weighted by atomic mass is 10.2. The van der Waals surface area contributed by atoms with Crippen molar-refractivity contribution in [2.45, 2.75) is 0 Å². The number of fused-ring (bicyclic) bond motifs is 1. The third-order valence-electron chi connectivity index (χ3n) is 1.86. The summed E-state index contributed by atoms with van der Waals surface area (Å²) >= 11 is 0. The van der Waals surface area contributed by atoms with Crippen molar-refractivity contribution < 1.29 is 4.79 Å². The maximum Gasteiger partial charge on any atom is 0.259 e. The zero-order valence-corrected chi connectivity index (χ0v) is 6.70. The Hall–Kier alpha value is -1.90. The van der Waals surface area contributed by atoms with Crippen LogP contribution in [0.2, 0.25) is 0 Å². The Labute approximate surface area is 74.0 Å². The van der Waals surface area contributed by atoms with E-state index in [0.717, 1.165) is 10.9 Å². The van der Waals surface area contributed by atoms with Crippen molar-refractivity contribution in [3.8, 4) is 0 Å². The maximum absolute atomic E-state index is 11.1. The third kappa shape index (κ3) is 1.24. The Morgan fingerprint density at radius 1 is 1.23 bits per heavy atom. The Morgan fingerprint density at radius 2 is 2.00 bits per heavy atom. The van der Waals surface area contributed by atoms with Crippen LogP contribution >= 0.6 is 0 Å². The molecule has 1 N–H and O–H groups in total. The van der Waals surface area contributed by atoms with Crippen LogP contribution in [0.15, 0.2) is 35.1 Å². The van der Waals surface area contributed by atoms with E-state index in [1.54, 1.807) is 12.4 Å². The van der Waals surface area contributed by atoms with Gasteiger partial charge >= 0.3 is 0 Å². The van der Waals surface area contributed by atoms with E-state index in [-0.39, 0.29) is 5.56 Å². The number of hydrogen-bond acceptors (Lipinski definition) is 2. The Morgan fingerprint density at radius 3 is 2.77 bits per heavy atom. The summed E-state index contributed by atoms with van der Waals surface area (Å²) in [5.74, 6) is 0. The lowest BCUT2D eigenvalue weighted by molar-refractivity contribution is 0.562. The van der Waals surface area contributed by atoms with Crippen LogP contribution in [-0.4, -0.2) is 11.3 Å². The highest BCUT2D eigenvalue weighted by molar-refractivity contribution is 5.85. The smallest absolute Gasteiger partial charge is 0.259 e. The minimum absolute atomic E-state index is 0.0405. The van der Waals surface area contributed by atoms with Crippen LogP contribution in [0.5, 0.6) is 0 Å². The van der Waals surface area contributed by atoms with Gasteiger partial charge in [-0.15, -0.1) is 0 Å². The van der Waals surface area contributed by atoms with Gasteiger partial charge in [0, 0.05) is 5.52 Å². The van der Waals surface area contributed by atoms with Crippen LogP contribution in [-0.2, 0) is 4.79 Å². The van der Waals surface area contributed by atoms with E-state index in [2.05, 4.69) is 4.98 Å². The molecule has 0 aliphatic heterocycles. The maximum atomic E-state index is 11.1. The number of rotatable bonds is 1. The summed E-state index contributed by atoms with van der Waals surface area (Å²) < 4.78 is 0. The van der Waals surface area contributed by atoms with Gasteiger partial charge in [-0.2, -0.15) is 0 Å². The molecule has 0 unspecified atom stereocenters. The molecule has 2 rings (SSSR count). The van der Waals surface area contributed by atoms with E-state index in [0.29, 0.717) is 0 Å². The first-order chi connectivity index (χ1) is 6.31. The number of nitrogens with one attached hydrogen (secondary N) is 1. The second kappa shape index (κ2) is 2.86. The summed E-state index contributed by atoms with van der Waals surface area (Å²) in [7, 11) is 0. The van der Waals surface area contributed by atoms with Gasteiger partial charge in [-0.05, 0) is 17.5 Å². The molecule has 0 saturated carbocycles. The Bertz CT molecular complexity index is 514. The Balaban J connectivity index is 2.89. The number of H-pyrrole nitrogens is 1. The number of pyridine rings is 1. The zero-order chi connectivity index (χ0) is 9.26. The third-order valence-corrected chi connectivity index (χ3v) is 1.86. The molecule has 1 heterocycles. The summed E-state index contributed by atoms with van der Waals surface area (Å²) in [6.45, 7) is 0. The highest BCUT2D eigenvalue weighted by atomic mass is 16.1. The van der Waals surface area contributed by atoms with Gasteiger partial charge in [0.25, 0.3) is 5.56 Å². The molecular formula is C10H6NO2. The van der Waals surface area contributed by atoms with Crippen molar-refractivity contribution in [2.75, 3.05) is 0 Å². The van der Waals surface area contributed by atoms with Crippen LogP contribution < -0.4 is 5.56 Å². The number of hydrogen-bond donors (Lipinski definition) is 1. The minimum Gasteiger partial charge on any atom is -0.321 e. The summed E-state index contributed by atoms with van der Waals surface area (Å²) in [6, 6.07) is 8.80. The van der Waals surface area contributed by atoms with Gasteiger partial charge in [-0.25, -0.2) is 0 Å². The first-order valence-electron chi connectivity index (χ1n) is 3.81. The highest BCUT2D eigenvalue weighted by Crippen LogP contribution is 2.08. The van der Waals surface area contributed by atoms with Gasteiger partial charge in [0.1, 0.15) is 0 Å². The molecule has 1 radical (unpaired) electrons. The topological polar surface area (TPSA) is 49.9 Å². The molecule has 0 bridgehead atoms. The van der Waals surface area contributed by atoms with E-state index >= 15 is 0 Å². The molecule has 0 spiro atoms. The van der Waals surface area contributed by atoms with E-state index in [1.165, 1.54) is 6.07 Å². The molecule has 3 heteroatoms. The highest BCUT2D eigenvalue weighted by Gasteiger charge is 2.00. The van der Waals surface area contributed by atoms with Gasteiger partial charge in [-0.1, -0.05) is 18.2 Å². The van der Waals surface area contributed by atoms with Crippen molar-refractivity contribution in [1.29, 1.82) is 0 Å². The second-order valence-electron chi connectivity index (χ2n) is 2.70. The summed E-state index contributed by atoms with van der Waals surface area (Å²) in [5.41, 5.74) is 0.374. The molecule has 0 aliphatic carbocycles. The van der Waals surface area contributed by atoms with Gasteiger partial charge < -0.3 is 4.98 Å². The quantitative estimate of drug-likeness (QED) is 0.697. The fourth-order valence-corrected chi connectivity index (χ4v) is 1.22. The zero-order valence-electron chi connectivity index (χ0n) is 6.70. The average Bonchev–Trinajstić information content (AvgIpc) is 2.17. The molecule has 3 nitrogen and oxygen atoms in total. The molecular weight excluding hydrogens is 166 g/mol. The van der Waals surface area contributed by atoms with Crippen molar-refractivity contribution in [3.05, 3.63) is 46.2 Å². The molecule has 0 fully saturated rings. The van der Waals surface area contributed by atoms with E-state index in [1.807, 2.05) is 18.2 Å². The van der Waals surface area contributed by atoms with Crippen molar-refractivity contribution in [3.63, 3.8) is 0 Å². The average molecular weight is 172 g/mol. The molecule has 0 saturated heterocycles. The second-order valence-corrected chi connectivity index (χ2v) is 2.70. The van der Waals surface area contributed by atoms with Crippen LogP contribution in [0.1, 0.15) is 5.56 Å². The number of aromatic nitrogens is 1. The number of para-hydroxylation sites is 1. The summed E-state index contributed by atoms with van der Waals surface area (Å²) in [5, 5.41) is 0.834. The van der Waals surface area contributed by atoms with Crippen LogP contribution in [0, 0.1) is 0 Å². The normalized spacial score (nSPS) is 10.2. The molecule has 0 atom stereocenters. The number of benzene rings is 1. The van der Waals surface area contributed by atoms with Crippen LogP contribution in [0.4, 0.5) is 0 Å². The first-order valence-corrected chi connectivity index (χ1v) is 3.81. The lowest BCUT2D eigenvalue weighted by Crippen LogP contribution is -2.11. The largest absolute Gasteiger partial charge is 0.321 e. The van der Waals surface area contributed by atoms with E-state index in [9.17, 15) is 9.59 Å². The first kappa shape index (κ1) is 7.73. The summed E-state index contributed by atoms with van der Waals surface area (Å²) in [6.07, 6.45) is 1.59. The molecule has 63 valence electrons. The molecule has 0 aliphatic rings. The van der Waals surface area contributed by atoms with Gasteiger partial charge in [0.15, 0.2) is 0 Å². The predicted molar refractivity (Wildman–Crippen MR) is 49.4 cm³/mol. The van der Waals surface area contributed by atoms with Gasteiger partial charge in [0.05, 0.1) is 5.56 Å². The number of carbonyl (C=O) groups excluding carboxylic acids is 1. The fourth-order valence-electron chi connectivity index (χ4n) is 1.22. The lowest BCUT2D eigenvalue weighted by Gasteiger charge is -1.96. The van der Waals surface area contributed by atoms with Gasteiger partial charge in [-0.3, -0.25) is 9.59 Å². The van der Waals surface area contributed by atoms with Crippen molar-refractivity contribution in [2.24, 2.45) is 0 Å². The van der Waals surface area contributed by atoms with Crippen molar-refractivity contribution >= 4 is 17.2 Å². The molecule has 1 aromatic carbocycles. The molecule has 13 heavy (non-hydrogen) atoms. The predicted octanol–water partition coefficient (Wildman–Crippen LogP) is 0.986. The fraction of sp³-hybridized carbons (Fsp3) is 0. The van der Waals surface area contributed by atoms with Gasteiger partial charge in [0.2, 0.25) is 6.29 Å². The van der Waals surface area contributed by atoms with E-state index < -0.39 is 5.56 Å². The number of aromatic amines is 1. The minimum atomic E-state index is -0.395. The Kier molecular flexibility index (Phi) is 1.70. The monoisotopic (exact) mass is 172 g/mol. The van der Waals surface area contributed by atoms with Crippen LogP contribution in [0.3, 0.4) is 0 Å². The van der Waals surface area contributed by atoms with E-state index in [4.69, 9.17) is 0 Å². The standard InChI is InChI=1S/C10H6NO2/c12-6-8-5-7-3-1-2-4-9(7)11-10(8)13/h1-5H,(H,11,13). The van der Waals surface area contributed by atoms with Crippen LogP contribution in [0.25, 0.3) is 10.9 Å². The SMILES string of the molecule is O=[C]c1cc2ccccc2[nH]c1=O. The summed E-state index contributed by atoms with van der Waals surface area (Å²) in [4.78, 5) is 24.1. The molecule has 0 amide bonds. The van der Waals surface area contributed by atoms with Crippen molar-refractivity contribution in [1.82, 2.24) is 4.98 Å².